The quantitative estimate of drug-likeness (QED) is 0.496. The van der Waals surface area contributed by atoms with Crippen LogP contribution < -0.4 is 8.37 Å². The lowest BCUT2D eigenvalue weighted by Gasteiger charge is -2.08. The zero-order chi connectivity index (χ0) is 19.8. The van der Waals surface area contributed by atoms with Crippen LogP contribution in [0, 0.1) is 0 Å². The van der Waals surface area contributed by atoms with E-state index in [-0.39, 0.29) is 11.5 Å². The number of fused-ring (bicyclic) bond motifs is 1. The number of nitrogens with zero attached hydrogens (tertiary/aromatic N) is 1. The number of aromatic nitrogens is 1. The Bertz CT molecular complexity index is 807. The maximum Gasteiger partial charge on any atom is 0.466 e. The van der Waals surface area contributed by atoms with Crippen LogP contribution in [-0.2, 0) is 30.8 Å². The van der Waals surface area contributed by atoms with E-state index in [2.05, 4.69) is 19.7 Å². The van der Waals surface area contributed by atoms with Gasteiger partial charge in [0.1, 0.15) is 0 Å². The zero-order valence-corrected chi connectivity index (χ0v) is 17.2. The fourth-order valence-corrected chi connectivity index (χ4v) is 4.70. The highest BCUT2D eigenvalue weighted by atomic mass is 32.3. The Morgan fingerprint density at radius 1 is 0.815 bits per heavy atom. The molecular weight excluding hydrogens is 394 g/mol. The van der Waals surface area contributed by atoms with Crippen molar-refractivity contribution in [3.8, 4) is 11.5 Å². The lowest BCUT2D eigenvalue weighted by atomic mass is 10.0. The van der Waals surface area contributed by atoms with Crippen molar-refractivity contribution >= 4 is 20.8 Å². The second kappa shape index (κ2) is 10.2. The molecule has 0 bridgehead atoms. The zero-order valence-electron chi connectivity index (χ0n) is 15.6. The molecule has 0 radical (unpaired) electrons. The minimum Gasteiger partial charge on any atom is -0.357 e. The van der Waals surface area contributed by atoms with E-state index in [1.807, 2.05) is 0 Å². The number of hydrogen-bond acceptors (Lipinski definition) is 8. The number of aryl methyl sites for hydroxylation is 1. The number of unbranched alkanes of at least 4 members (excludes halogenated alkanes) is 9. The van der Waals surface area contributed by atoms with Crippen molar-refractivity contribution in [2.75, 3.05) is 0 Å². The van der Waals surface area contributed by atoms with Crippen LogP contribution in [0.2, 0.25) is 0 Å². The SMILES string of the molecule is CCCCCCCCCCCCc1nccc2c1OS(=O)(=O)OS(=O)(=O)O2. The van der Waals surface area contributed by atoms with E-state index in [0.717, 1.165) is 19.3 Å². The molecule has 2 heterocycles. The maximum atomic E-state index is 11.6. The van der Waals surface area contributed by atoms with Gasteiger partial charge < -0.3 is 8.37 Å². The molecule has 0 amide bonds. The van der Waals surface area contributed by atoms with Crippen LogP contribution in [0.5, 0.6) is 11.5 Å². The summed E-state index contributed by atoms with van der Waals surface area (Å²) in [6.45, 7) is 2.21. The highest BCUT2D eigenvalue weighted by Crippen LogP contribution is 2.36. The summed E-state index contributed by atoms with van der Waals surface area (Å²) in [6.07, 6.45) is 13.5. The third-order valence-corrected chi connectivity index (χ3v) is 6.34. The molecule has 0 aliphatic carbocycles. The van der Waals surface area contributed by atoms with Crippen LogP contribution in [0.15, 0.2) is 12.3 Å². The van der Waals surface area contributed by atoms with Crippen LogP contribution in [0.3, 0.4) is 0 Å². The van der Waals surface area contributed by atoms with Gasteiger partial charge in [0.15, 0.2) is 5.75 Å². The van der Waals surface area contributed by atoms with Crippen molar-refractivity contribution in [1.29, 1.82) is 0 Å². The number of hydrogen-bond donors (Lipinski definition) is 0. The van der Waals surface area contributed by atoms with Gasteiger partial charge in [-0.05, 0) is 12.8 Å². The summed E-state index contributed by atoms with van der Waals surface area (Å²) >= 11 is 0. The Kier molecular flexibility index (Phi) is 8.30. The molecule has 10 heteroatoms. The molecule has 1 aromatic heterocycles. The van der Waals surface area contributed by atoms with Gasteiger partial charge in [0, 0.05) is 12.3 Å². The fourth-order valence-electron chi connectivity index (χ4n) is 2.93. The summed E-state index contributed by atoms with van der Waals surface area (Å²) in [6, 6.07) is 1.22. The second-order valence-electron chi connectivity index (χ2n) is 6.57. The van der Waals surface area contributed by atoms with Gasteiger partial charge >= 0.3 is 20.8 Å². The molecular formula is C17H27NO7S2. The summed E-state index contributed by atoms with van der Waals surface area (Å²) in [7, 11) is -9.51. The second-order valence-corrected chi connectivity index (χ2v) is 9.08. The van der Waals surface area contributed by atoms with E-state index >= 15 is 0 Å². The predicted octanol–water partition coefficient (Wildman–Crippen LogP) is 3.82. The van der Waals surface area contributed by atoms with E-state index < -0.39 is 20.8 Å². The lowest BCUT2D eigenvalue weighted by Crippen LogP contribution is -2.18. The lowest BCUT2D eigenvalue weighted by molar-refractivity contribution is 0.372. The standard InChI is InChI=1S/C17H27NO7S2/c1-2-3-4-5-6-7-8-9-10-11-12-15-17-16(13-14-18-15)23-26(19,20)25-27(21,22)24-17/h13-14H,2-12H2,1H3. The van der Waals surface area contributed by atoms with Crippen molar-refractivity contribution in [3.05, 3.63) is 18.0 Å². The molecule has 0 N–H and O–H groups in total. The van der Waals surface area contributed by atoms with Crippen molar-refractivity contribution < 1.29 is 28.8 Å². The molecule has 1 aliphatic heterocycles. The molecule has 0 spiro atoms. The fraction of sp³-hybridized carbons (Fsp3) is 0.706. The summed E-state index contributed by atoms with van der Waals surface area (Å²) in [4.78, 5) is 4.10. The van der Waals surface area contributed by atoms with E-state index in [1.54, 1.807) is 0 Å². The molecule has 0 unspecified atom stereocenters. The maximum absolute atomic E-state index is 11.6. The molecule has 0 fully saturated rings. The van der Waals surface area contributed by atoms with Gasteiger partial charge in [-0.15, -0.1) is 0 Å². The summed E-state index contributed by atoms with van der Waals surface area (Å²) in [5, 5.41) is 0. The first-order valence-electron chi connectivity index (χ1n) is 9.41. The van der Waals surface area contributed by atoms with Crippen molar-refractivity contribution in [1.82, 2.24) is 4.98 Å². The molecule has 1 aliphatic rings. The van der Waals surface area contributed by atoms with E-state index in [0.29, 0.717) is 12.1 Å². The monoisotopic (exact) mass is 421 g/mol. The van der Waals surface area contributed by atoms with E-state index in [9.17, 15) is 16.8 Å². The molecule has 27 heavy (non-hydrogen) atoms. The molecule has 1 aromatic rings. The molecule has 0 saturated carbocycles. The summed E-state index contributed by atoms with van der Waals surface area (Å²) in [5.74, 6) is -0.470. The molecule has 0 saturated heterocycles. The van der Waals surface area contributed by atoms with E-state index in [1.165, 1.54) is 57.2 Å². The van der Waals surface area contributed by atoms with Crippen LogP contribution in [0.25, 0.3) is 0 Å². The third-order valence-electron chi connectivity index (χ3n) is 4.25. The first-order chi connectivity index (χ1) is 12.8. The normalized spacial score (nSPS) is 17.4. The Labute approximate surface area is 161 Å². The Morgan fingerprint density at radius 2 is 1.37 bits per heavy atom. The highest BCUT2D eigenvalue weighted by molar-refractivity contribution is 7.95. The molecule has 0 aromatic carbocycles. The smallest absolute Gasteiger partial charge is 0.357 e. The predicted molar refractivity (Wildman–Crippen MR) is 100.0 cm³/mol. The Hall–Kier alpha value is -1.39. The minimum atomic E-state index is -4.77. The van der Waals surface area contributed by atoms with Gasteiger partial charge in [-0.3, -0.25) is 4.98 Å². The average Bonchev–Trinajstić information content (AvgIpc) is 2.67. The van der Waals surface area contributed by atoms with Crippen LogP contribution in [-0.4, -0.2) is 21.8 Å². The largest absolute Gasteiger partial charge is 0.466 e. The molecule has 8 nitrogen and oxygen atoms in total. The minimum absolute atomic E-state index is 0.227. The topological polar surface area (TPSA) is 109 Å². The van der Waals surface area contributed by atoms with Gasteiger partial charge in [0.25, 0.3) is 0 Å². The van der Waals surface area contributed by atoms with Crippen molar-refractivity contribution in [3.63, 3.8) is 0 Å². The summed E-state index contributed by atoms with van der Waals surface area (Å²) < 4.78 is 59.4. The van der Waals surface area contributed by atoms with Gasteiger partial charge in [0.05, 0.1) is 5.69 Å². The van der Waals surface area contributed by atoms with Crippen molar-refractivity contribution in [2.45, 2.75) is 77.6 Å². The van der Waals surface area contributed by atoms with Crippen molar-refractivity contribution in [2.24, 2.45) is 0 Å². The molecule has 0 atom stereocenters. The first-order valence-corrected chi connectivity index (χ1v) is 12.1. The Balaban J connectivity index is 1.82. The highest BCUT2D eigenvalue weighted by Gasteiger charge is 2.35. The molecule has 154 valence electrons. The van der Waals surface area contributed by atoms with E-state index in [4.69, 9.17) is 4.18 Å². The van der Waals surface area contributed by atoms with Gasteiger partial charge in [0.2, 0.25) is 5.75 Å². The summed E-state index contributed by atoms with van der Waals surface area (Å²) in [5.41, 5.74) is 0.330. The van der Waals surface area contributed by atoms with Gasteiger partial charge in [-0.2, -0.15) is 16.8 Å². The number of pyridine rings is 1. The first kappa shape index (κ1) is 21.9. The van der Waals surface area contributed by atoms with Crippen LogP contribution in [0.4, 0.5) is 0 Å². The molecule has 2 rings (SSSR count). The number of rotatable bonds is 11. The average molecular weight is 422 g/mol. The Morgan fingerprint density at radius 3 is 2.00 bits per heavy atom. The van der Waals surface area contributed by atoms with Crippen LogP contribution >= 0.6 is 0 Å². The third kappa shape index (κ3) is 7.63. The van der Waals surface area contributed by atoms with Crippen LogP contribution in [0.1, 0.15) is 76.8 Å². The van der Waals surface area contributed by atoms with Gasteiger partial charge in [-0.25, -0.2) is 0 Å². The van der Waals surface area contributed by atoms with Gasteiger partial charge in [-0.1, -0.05) is 68.3 Å².